The Bertz CT molecular complexity index is 983. The summed E-state index contributed by atoms with van der Waals surface area (Å²) in [5, 5.41) is 4.03. The van der Waals surface area contributed by atoms with Crippen LogP contribution in [0.5, 0.6) is 0 Å². The molecule has 2 aliphatic rings. The Hall–Kier alpha value is -2.35. The van der Waals surface area contributed by atoms with Crippen molar-refractivity contribution in [1.82, 2.24) is 9.78 Å². The lowest BCUT2D eigenvalue weighted by molar-refractivity contribution is -0.141. The van der Waals surface area contributed by atoms with Gasteiger partial charge in [0.25, 0.3) is 0 Å². The predicted molar refractivity (Wildman–Crippen MR) is 111 cm³/mol. The molecule has 29 heavy (non-hydrogen) atoms. The van der Waals surface area contributed by atoms with E-state index in [9.17, 15) is 13.2 Å². The van der Waals surface area contributed by atoms with Crippen molar-refractivity contribution in [3.05, 3.63) is 47.7 Å². The van der Waals surface area contributed by atoms with Crippen LogP contribution < -0.4 is 4.90 Å². The summed E-state index contributed by atoms with van der Waals surface area (Å²) in [7, 11) is -1.91. The summed E-state index contributed by atoms with van der Waals surface area (Å²) < 4.78 is 32.6. The van der Waals surface area contributed by atoms with Crippen molar-refractivity contribution < 1.29 is 17.9 Å². The van der Waals surface area contributed by atoms with Crippen LogP contribution in [0.15, 0.2) is 36.4 Å². The maximum absolute atomic E-state index is 12.9. The van der Waals surface area contributed by atoms with Gasteiger partial charge in [-0.15, -0.1) is 0 Å². The first-order chi connectivity index (χ1) is 13.9. The fourth-order valence-electron chi connectivity index (χ4n) is 4.06. The van der Waals surface area contributed by atoms with Crippen LogP contribution >= 0.6 is 0 Å². The molecule has 1 aliphatic heterocycles. The summed E-state index contributed by atoms with van der Waals surface area (Å²) in [5.41, 5.74) is 1.91. The molecule has 2 fully saturated rings. The van der Waals surface area contributed by atoms with Gasteiger partial charge in [0.2, 0.25) is 0 Å². The minimum absolute atomic E-state index is 0.224. The van der Waals surface area contributed by atoms with Crippen LogP contribution in [0.4, 0.5) is 5.82 Å². The van der Waals surface area contributed by atoms with Gasteiger partial charge in [-0.3, -0.25) is 0 Å². The predicted octanol–water partition coefficient (Wildman–Crippen LogP) is 2.18. The molecular formula is C21H27N3O4S. The molecule has 0 bridgehead atoms. The molecule has 0 radical (unpaired) electrons. The highest BCUT2D eigenvalue weighted by Crippen LogP contribution is 2.35. The van der Waals surface area contributed by atoms with E-state index in [-0.39, 0.29) is 24.6 Å². The zero-order valence-electron chi connectivity index (χ0n) is 16.8. The van der Waals surface area contributed by atoms with Gasteiger partial charge in [0.1, 0.15) is 11.9 Å². The number of aryl methyl sites for hydroxylation is 1. The summed E-state index contributed by atoms with van der Waals surface area (Å²) in [6.45, 7) is 2.73. The molecule has 4 rings (SSSR count). The number of carbonyl (C=O) groups excluding carboxylic acids is 1. The Balaban J connectivity index is 1.64. The first kappa shape index (κ1) is 19.9. The Kier molecular flexibility index (Phi) is 5.38. The van der Waals surface area contributed by atoms with Gasteiger partial charge < -0.3 is 9.64 Å². The lowest BCUT2D eigenvalue weighted by Crippen LogP contribution is -2.38. The van der Waals surface area contributed by atoms with Crippen molar-refractivity contribution in [2.24, 2.45) is 5.92 Å². The number of hydrogen-bond acceptors (Lipinski definition) is 6. The quantitative estimate of drug-likeness (QED) is 0.643. The molecule has 8 heteroatoms. The van der Waals surface area contributed by atoms with Crippen molar-refractivity contribution in [3.63, 3.8) is 0 Å². The van der Waals surface area contributed by atoms with Gasteiger partial charge in [-0.05, 0) is 37.7 Å². The molecule has 7 nitrogen and oxygen atoms in total. The number of esters is 1. The van der Waals surface area contributed by atoms with Gasteiger partial charge in [-0.25, -0.2) is 17.9 Å². The van der Waals surface area contributed by atoms with E-state index < -0.39 is 27.1 Å². The second kappa shape index (κ2) is 7.82. The summed E-state index contributed by atoms with van der Waals surface area (Å²) in [4.78, 5) is 14.4. The van der Waals surface area contributed by atoms with Gasteiger partial charge in [-0.1, -0.05) is 30.3 Å². The lowest BCUT2D eigenvalue weighted by atomic mass is 10.2. The first-order valence-corrected chi connectivity index (χ1v) is 11.7. The molecule has 1 unspecified atom stereocenters. The van der Waals surface area contributed by atoms with E-state index >= 15 is 0 Å². The summed E-state index contributed by atoms with van der Waals surface area (Å²) in [5.74, 6) is 0.864. The molecule has 2 aromatic rings. The number of anilines is 1. The zero-order chi connectivity index (χ0) is 20.6. The second-order valence-corrected chi connectivity index (χ2v) is 10.4. The van der Waals surface area contributed by atoms with Crippen LogP contribution in [0.2, 0.25) is 0 Å². The number of sulfone groups is 1. The molecular weight excluding hydrogens is 390 g/mol. The summed E-state index contributed by atoms with van der Waals surface area (Å²) in [6, 6.07) is 11.2. The third-order valence-corrected chi connectivity index (χ3v) is 8.05. The number of carbonyl (C=O) groups is 1. The van der Waals surface area contributed by atoms with E-state index in [2.05, 4.69) is 5.10 Å². The molecule has 2 heterocycles. The standard InChI is InChI=1S/C21H27N3O4S/c1-15-10-20(24(22-15)12-16-6-4-3-5-7-16)23-13-18(11-19(23)21(25)28-2)29(26,27)14-17-8-9-17/h3-7,10,17-19H,8-9,11-14H2,1-2H3/t18-,19?/m1/s1. The first-order valence-electron chi connectivity index (χ1n) is 10.0. The average molecular weight is 418 g/mol. The van der Waals surface area contributed by atoms with Gasteiger partial charge >= 0.3 is 5.97 Å². The summed E-state index contributed by atoms with van der Waals surface area (Å²) in [6.07, 6.45) is 2.23. The second-order valence-electron chi connectivity index (χ2n) is 8.11. The SMILES string of the molecule is COC(=O)C1C[C@@H](S(=O)(=O)CC2CC2)CN1c1cc(C)nn1Cc1ccccc1. The average Bonchev–Trinajstić information content (AvgIpc) is 3.25. The van der Waals surface area contributed by atoms with Gasteiger partial charge in [0, 0.05) is 12.6 Å². The number of hydrogen-bond donors (Lipinski definition) is 0. The highest BCUT2D eigenvalue weighted by atomic mass is 32.2. The maximum Gasteiger partial charge on any atom is 0.328 e. The van der Waals surface area contributed by atoms with Crippen LogP contribution in [-0.4, -0.2) is 54.9 Å². The van der Waals surface area contributed by atoms with Crippen molar-refractivity contribution in [3.8, 4) is 0 Å². The van der Waals surface area contributed by atoms with Crippen molar-refractivity contribution >= 4 is 21.6 Å². The zero-order valence-corrected chi connectivity index (χ0v) is 17.6. The maximum atomic E-state index is 12.9. The van der Waals surface area contributed by atoms with Crippen LogP contribution in [0, 0.1) is 12.8 Å². The summed E-state index contributed by atoms with van der Waals surface area (Å²) >= 11 is 0. The Morgan fingerprint density at radius 2 is 1.97 bits per heavy atom. The van der Waals surface area contributed by atoms with E-state index in [4.69, 9.17) is 4.74 Å². The van der Waals surface area contributed by atoms with E-state index in [0.717, 1.165) is 29.9 Å². The number of benzene rings is 1. The van der Waals surface area contributed by atoms with Crippen molar-refractivity contribution in [1.29, 1.82) is 0 Å². The molecule has 1 saturated carbocycles. The highest BCUT2D eigenvalue weighted by Gasteiger charge is 2.45. The molecule has 156 valence electrons. The molecule has 1 saturated heterocycles. The Morgan fingerprint density at radius 1 is 1.24 bits per heavy atom. The minimum atomic E-state index is -3.26. The molecule has 0 N–H and O–H groups in total. The topological polar surface area (TPSA) is 81.5 Å². The third-order valence-electron chi connectivity index (χ3n) is 5.76. The molecule has 2 atom stereocenters. The van der Waals surface area contributed by atoms with Crippen LogP contribution in [0.3, 0.4) is 0 Å². The molecule has 1 aromatic heterocycles. The molecule has 0 amide bonds. The number of rotatable bonds is 7. The number of methoxy groups -OCH3 is 1. The van der Waals surface area contributed by atoms with E-state index in [1.54, 1.807) is 0 Å². The molecule has 1 aliphatic carbocycles. The van der Waals surface area contributed by atoms with Crippen LogP contribution in [-0.2, 0) is 25.9 Å². The number of aromatic nitrogens is 2. The van der Waals surface area contributed by atoms with Crippen LogP contribution in [0.1, 0.15) is 30.5 Å². The molecule has 0 spiro atoms. The van der Waals surface area contributed by atoms with Crippen molar-refractivity contribution in [2.45, 2.75) is 44.0 Å². The largest absolute Gasteiger partial charge is 0.467 e. The van der Waals surface area contributed by atoms with Gasteiger partial charge in [0.15, 0.2) is 9.84 Å². The van der Waals surface area contributed by atoms with Gasteiger partial charge in [0.05, 0.1) is 30.4 Å². The Labute approximate surface area is 171 Å². The third kappa shape index (κ3) is 4.32. The van der Waals surface area contributed by atoms with Gasteiger partial charge in [-0.2, -0.15) is 5.10 Å². The van der Waals surface area contributed by atoms with E-state index in [0.29, 0.717) is 6.54 Å². The van der Waals surface area contributed by atoms with Crippen LogP contribution in [0.25, 0.3) is 0 Å². The van der Waals surface area contributed by atoms with E-state index in [1.165, 1.54) is 7.11 Å². The lowest BCUT2D eigenvalue weighted by Gasteiger charge is -2.25. The fraction of sp³-hybridized carbons (Fsp3) is 0.524. The normalized spacial score (nSPS) is 22.1. The Morgan fingerprint density at radius 3 is 2.62 bits per heavy atom. The van der Waals surface area contributed by atoms with E-state index in [1.807, 2.05) is 52.9 Å². The molecule has 1 aromatic carbocycles. The fourth-order valence-corrected chi connectivity index (χ4v) is 6.18. The smallest absolute Gasteiger partial charge is 0.328 e. The van der Waals surface area contributed by atoms with Crippen molar-refractivity contribution in [2.75, 3.05) is 24.3 Å². The monoisotopic (exact) mass is 417 g/mol. The minimum Gasteiger partial charge on any atom is -0.467 e. The number of ether oxygens (including phenoxy) is 1. The highest BCUT2D eigenvalue weighted by molar-refractivity contribution is 7.92. The number of nitrogens with zero attached hydrogens (tertiary/aromatic N) is 3.